The van der Waals surface area contributed by atoms with Crippen LogP contribution in [0, 0.1) is 0 Å². The minimum absolute atomic E-state index is 0.134. The Morgan fingerprint density at radius 2 is 1.70 bits per heavy atom. The Kier molecular flexibility index (Phi) is 5.96. The molecule has 2 aromatic carbocycles. The molecule has 0 unspecified atom stereocenters. The Balaban J connectivity index is 1.56. The largest absolute Gasteiger partial charge is 0.343 e. The van der Waals surface area contributed by atoms with E-state index in [-0.39, 0.29) is 17.3 Å². The molecule has 1 N–H and O–H groups in total. The third-order valence-corrected chi connectivity index (χ3v) is 6.57. The molecule has 2 heterocycles. The lowest BCUT2D eigenvalue weighted by Gasteiger charge is -2.15. The fourth-order valence-corrected chi connectivity index (χ4v) is 4.78. The molecule has 1 fully saturated rings. The van der Waals surface area contributed by atoms with E-state index in [1.165, 1.54) is 0 Å². The van der Waals surface area contributed by atoms with E-state index >= 15 is 0 Å². The quantitative estimate of drug-likeness (QED) is 0.564. The van der Waals surface area contributed by atoms with E-state index in [1.54, 1.807) is 15.8 Å². The molecule has 7 nitrogen and oxygen atoms in total. The number of carbonyl (C=O) groups excluding carboxylic acids is 1. The summed E-state index contributed by atoms with van der Waals surface area (Å²) < 4.78 is 30.4. The first-order valence-electron chi connectivity index (χ1n) is 10.0. The van der Waals surface area contributed by atoms with E-state index in [4.69, 9.17) is 0 Å². The van der Waals surface area contributed by atoms with Gasteiger partial charge in [0, 0.05) is 31.6 Å². The molecule has 0 spiro atoms. The summed E-state index contributed by atoms with van der Waals surface area (Å²) in [6, 6.07) is 18.7. The molecule has 0 saturated carbocycles. The van der Waals surface area contributed by atoms with E-state index in [0.29, 0.717) is 25.1 Å². The maximum Gasteiger partial charge on any atom is 0.244 e. The number of likely N-dealkylation sites (tertiary alicyclic amines) is 1. The van der Waals surface area contributed by atoms with Gasteiger partial charge >= 0.3 is 0 Å². The van der Waals surface area contributed by atoms with Crippen LogP contribution in [-0.4, -0.2) is 48.6 Å². The highest BCUT2D eigenvalue weighted by Crippen LogP contribution is 2.27. The molecule has 8 heteroatoms. The number of nitrogens with one attached hydrogen (secondary N) is 1. The number of hydrogen-bond donors (Lipinski definition) is 1. The second kappa shape index (κ2) is 8.81. The second-order valence-electron chi connectivity index (χ2n) is 7.22. The molecule has 156 valence electrons. The molecule has 0 atom stereocenters. The average Bonchev–Trinajstić information content (AvgIpc) is 3.40. The van der Waals surface area contributed by atoms with Crippen LogP contribution in [0.15, 0.2) is 71.8 Å². The summed E-state index contributed by atoms with van der Waals surface area (Å²) in [6.45, 7) is 1.58. The number of para-hydroxylation sites is 1. The molecular formula is C22H24N4O3S. The molecule has 4 rings (SSSR count). The summed E-state index contributed by atoms with van der Waals surface area (Å²) in [5, 5.41) is 4.56. The summed E-state index contributed by atoms with van der Waals surface area (Å²) in [5.74, 6) is 0.147. The molecular weight excluding hydrogens is 400 g/mol. The van der Waals surface area contributed by atoms with Crippen molar-refractivity contribution in [1.29, 1.82) is 0 Å². The number of sulfonamides is 1. The molecule has 1 aliphatic heterocycles. The maximum atomic E-state index is 13.1. The van der Waals surface area contributed by atoms with E-state index in [9.17, 15) is 13.2 Å². The van der Waals surface area contributed by atoms with Crippen molar-refractivity contribution in [2.24, 2.45) is 0 Å². The highest BCUT2D eigenvalue weighted by molar-refractivity contribution is 7.89. The van der Waals surface area contributed by atoms with Gasteiger partial charge in [0.05, 0.1) is 11.9 Å². The standard InChI is InChI=1S/C22H24N4O3S/c27-21-13-7-15-25(21)16-8-14-23-30(28,29)20-17-26(19-11-5-2-6-12-19)24-22(20)18-9-3-1-4-10-18/h1-6,9-12,17,23H,7-8,13-16H2. The lowest BCUT2D eigenvalue weighted by atomic mass is 10.2. The monoisotopic (exact) mass is 424 g/mol. The van der Waals surface area contributed by atoms with Crippen molar-refractivity contribution in [1.82, 2.24) is 19.4 Å². The Labute approximate surface area is 176 Å². The Bertz CT molecular complexity index is 1110. The van der Waals surface area contributed by atoms with Crippen LogP contribution in [0.2, 0.25) is 0 Å². The van der Waals surface area contributed by atoms with E-state index in [0.717, 1.165) is 24.2 Å². The Morgan fingerprint density at radius 3 is 2.37 bits per heavy atom. The van der Waals surface area contributed by atoms with Crippen molar-refractivity contribution in [2.75, 3.05) is 19.6 Å². The van der Waals surface area contributed by atoms with Gasteiger partial charge < -0.3 is 4.90 Å². The average molecular weight is 425 g/mol. The zero-order valence-corrected chi connectivity index (χ0v) is 17.4. The molecule has 3 aromatic rings. The molecule has 1 saturated heterocycles. The van der Waals surface area contributed by atoms with Gasteiger partial charge in [-0.1, -0.05) is 48.5 Å². The van der Waals surface area contributed by atoms with Crippen LogP contribution in [0.1, 0.15) is 19.3 Å². The first kappa shape index (κ1) is 20.3. The van der Waals surface area contributed by atoms with E-state index in [2.05, 4.69) is 9.82 Å². The third-order valence-electron chi connectivity index (χ3n) is 5.11. The molecule has 0 bridgehead atoms. The fraction of sp³-hybridized carbons (Fsp3) is 0.273. The maximum absolute atomic E-state index is 13.1. The van der Waals surface area contributed by atoms with Gasteiger partial charge in [-0.2, -0.15) is 5.10 Å². The van der Waals surface area contributed by atoms with Gasteiger partial charge in [0.15, 0.2) is 0 Å². The van der Waals surface area contributed by atoms with Gasteiger partial charge in [0.2, 0.25) is 15.9 Å². The number of carbonyl (C=O) groups is 1. The van der Waals surface area contributed by atoms with Crippen molar-refractivity contribution < 1.29 is 13.2 Å². The van der Waals surface area contributed by atoms with Crippen molar-refractivity contribution in [3.05, 3.63) is 66.9 Å². The fourth-order valence-electron chi connectivity index (χ4n) is 3.56. The number of rotatable bonds is 8. The second-order valence-corrected chi connectivity index (χ2v) is 8.96. The third kappa shape index (κ3) is 4.44. The van der Waals surface area contributed by atoms with Gasteiger partial charge in [0.25, 0.3) is 0 Å². The van der Waals surface area contributed by atoms with Crippen LogP contribution in [0.4, 0.5) is 0 Å². The van der Waals surface area contributed by atoms with E-state index in [1.807, 2.05) is 60.7 Å². The summed E-state index contributed by atoms with van der Waals surface area (Å²) in [6.07, 6.45) is 3.58. The van der Waals surface area contributed by atoms with Gasteiger partial charge in [-0.25, -0.2) is 17.8 Å². The summed E-state index contributed by atoms with van der Waals surface area (Å²) in [4.78, 5) is 13.6. The van der Waals surface area contributed by atoms with Crippen LogP contribution in [0.5, 0.6) is 0 Å². The van der Waals surface area contributed by atoms with Crippen molar-refractivity contribution in [3.8, 4) is 16.9 Å². The Hall–Kier alpha value is -2.97. The number of nitrogens with zero attached hydrogens (tertiary/aromatic N) is 3. The molecule has 1 aliphatic rings. The Morgan fingerprint density at radius 1 is 1.00 bits per heavy atom. The minimum atomic E-state index is -3.77. The lowest BCUT2D eigenvalue weighted by molar-refractivity contribution is -0.127. The smallest absolute Gasteiger partial charge is 0.244 e. The van der Waals surface area contributed by atoms with E-state index < -0.39 is 10.0 Å². The van der Waals surface area contributed by atoms with Crippen LogP contribution >= 0.6 is 0 Å². The van der Waals surface area contributed by atoms with Crippen LogP contribution < -0.4 is 4.72 Å². The highest BCUT2D eigenvalue weighted by Gasteiger charge is 2.24. The van der Waals surface area contributed by atoms with Crippen molar-refractivity contribution in [3.63, 3.8) is 0 Å². The van der Waals surface area contributed by atoms with Gasteiger partial charge in [-0.3, -0.25) is 4.79 Å². The number of amides is 1. The van der Waals surface area contributed by atoms with Crippen molar-refractivity contribution in [2.45, 2.75) is 24.2 Å². The number of hydrogen-bond acceptors (Lipinski definition) is 4. The molecule has 1 aromatic heterocycles. The molecule has 0 aliphatic carbocycles. The van der Waals surface area contributed by atoms with Crippen LogP contribution in [0.25, 0.3) is 16.9 Å². The molecule has 1 amide bonds. The first-order chi connectivity index (χ1) is 14.5. The summed E-state index contributed by atoms with van der Waals surface area (Å²) in [5.41, 5.74) is 1.92. The molecule has 0 radical (unpaired) electrons. The van der Waals surface area contributed by atoms with Gasteiger partial charge in [0.1, 0.15) is 10.6 Å². The topological polar surface area (TPSA) is 84.3 Å². The number of benzene rings is 2. The summed E-state index contributed by atoms with van der Waals surface area (Å²) in [7, 11) is -3.77. The predicted molar refractivity (Wildman–Crippen MR) is 115 cm³/mol. The predicted octanol–water partition coefficient (Wildman–Crippen LogP) is 2.83. The summed E-state index contributed by atoms with van der Waals surface area (Å²) >= 11 is 0. The highest BCUT2D eigenvalue weighted by atomic mass is 32.2. The SMILES string of the molecule is O=C1CCCN1CCCNS(=O)(=O)c1cn(-c2ccccc2)nc1-c1ccccc1. The normalized spacial score (nSPS) is 14.4. The lowest BCUT2D eigenvalue weighted by Crippen LogP contribution is -2.30. The van der Waals surface area contributed by atoms with Crippen LogP contribution in [0.3, 0.4) is 0 Å². The molecule has 30 heavy (non-hydrogen) atoms. The minimum Gasteiger partial charge on any atom is -0.343 e. The van der Waals surface area contributed by atoms with Gasteiger partial charge in [-0.15, -0.1) is 0 Å². The first-order valence-corrected chi connectivity index (χ1v) is 11.5. The van der Waals surface area contributed by atoms with Crippen LogP contribution in [-0.2, 0) is 14.8 Å². The zero-order valence-electron chi connectivity index (χ0n) is 16.6. The zero-order chi connectivity index (χ0) is 21.0. The van der Waals surface area contributed by atoms with Gasteiger partial charge in [-0.05, 0) is 25.0 Å². The van der Waals surface area contributed by atoms with Crippen molar-refractivity contribution >= 4 is 15.9 Å². The number of aromatic nitrogens is 2.